The summed E-state index contributed by atoms with van der Waals surface area (Å²) < 4.78 is 18.8. The molecule has 0 bridgehead atoms. The van der Waals surface area contributed by atoms with E-state index in [1.54, 1.807) is 18.3 Å². The maximum absolute atomic E-state index is 13.9. The van der Waals surface area contributed by atoms with Crippen molar-refractivity contribution >= 4 is 17.5 Å². The first-order valence-corrected chi connectivity index (χ1v) is 9.32. The minimum absolute atomic E-state index is 0.119. The van der Waals surface area contributed by atoms with Gasteiger partial charge >= 0.3 is 0 Å². The molecule has 2 N–H and O–H groups in total. The third kappa shape index (κ3) is 4.13. The molecule has 1 aromatic heterocycles. The van der Waals surface area contributed by atoms with Gasteiger partial charge in [0.2, 0.25) is 5.95 Å². The van der Waals surface area contributed by atoms with Crippen LogP contribution in [0.2, 0.25) is 0 Å². The Bertz CT molecular complexity index is 910. The summed E-state index contributed by atoms with van der Waals surface area (Å²) in [6, 6.07) is 5.11. The summed E-state index contributed by atoms with van der Waals surface area (Å²) in [4.78, 5) is 8.94. The SMILES string of the molecule is COc1ccc(Nc2ncc(C#CC3(C)CCC3)c(NC3CC3)n2)cc1F. The molecule has 4 rings (SSSR count). The van der Waals surface area contributed by atoms with Gasteiger partial charge in [-0.15, -0.1) is 0 Å². The molecule has 0 aliphatic heterocycles. The van der Waals surface area contributed by atoms with Crippen molar-refractivity contribution in [2.24, 2.45) is 5.41 Å². The van der Waals surface area contributed by atoms with Gasteiger partial charge in [-0.25, -0.2) is 9.37 Å². The summed E-state index contributed by atoms with van der Waals surface area (Å²) in [5.41, 5.74) is 1.49. The number of rotatable bonds is 5. The van der Waals surface area contributed by atoms with Crippen molar-refractivity contribution in [3.05, 3.63) is 35.8 Å². The summed E-state index contributed by atoms with van der Waals surface area (Å²) >= 11 is 0. The molecule has 2 aliphatic carbocycles. The molecule has 27 heavy (non-hydrogen) atoms. The average molecular weight is 366 g/mol. The molecule has 2 saturated carbocycles. The first kappa shape index (κ1) is 17.6. The van der Waals surface area contributed by atoms with E-state index in [4.69, 9.17) is 4.74 Å². The Morgan fingerprint density at radius 1 is 1.30 bits per heavy atom. The Morgan fingerprint density at radius 3 is 2.74 bits per heavy atom. The van der Waals surface area contributed by atoms with Crippen LogP contribution in [0, 0.1) is 23.1 Å². The zero-order valence-corrected chi connectivity index (χ0v) is 15.6. The number of ether oxygens (including phenoxy) is 1. The molecular formula is C21H23FN4O. The second-order valence-corrected chi connectivity index (χ2v) is 7.51. The first-order valence-electron chi connectivity index (χ1n) is 9.32. The Kier molecular flexibility index (Phi) is 4.61. The van der Waals surface area contributed by atoms with Gasteiger partial charge in [-0.2, -0.15) is 4.98 Å². The molecule has 0 amide bonds. The van der Waals surface area contributed by atoms with Gasteiger partial charge in [-0.3, -0.25) is 0 Å². The zero-order chi connectivity index (χ0) is 18.9. The minimum Gasteiger partial charge on any atom is -0.494 e. The number of aromatic nitrogens is 2. The molecule has 1 aromatic carbocycles. The van der Waals surface area contributed by atoms with Gasteiger partial charge in [0.05, 0.1) is 18.9 Å². The van der Waals surface area contributed by atoms with E-state index in [0.29, 0.717) is 17.7 Å². The van der Waals surface area contributed by atoms with Crippen LogP contribution in [-0.4, -0.2) is 23.1 Å². The number of halogens is 1. The van der Waals surface area contributed by atoms with E-state index in [2.05, 4.69) is 39.4 Å². The lowest BCUT2D eigenvalue weighted by Gasteiger charge is -2.32. The lowest BCUT2D eigenvalue weighted by atomic mass is 9.71. The van der Waals surface area contributed by atoms with E-state index in [0.717, 1.165) is 37.1 Å². The summed E-state index contributed by atoms with van der Waals surface area (Å²) in [7, 11) is 1.44. The monoisotopic (exact) mass is 366 g/mol. The molecule has 2 fully saturated rings. The predicted molar refractivity (Wildman–Crippen MR) is 104 cm³/mol. The average Bonchev–Trinajstić information content (AvgIpc) is 3.44. The van der Waals surface area contributed by atoms with E-state index in [1.807, 2.05) is 0 Å². The van der Waals surface area contributed by atoms with Crippen LogP contribution in [0.25, 0.3) is 0 Å². The molecule has 2 aromatic rings. The Labute approximate surface area is 158 Å². The van der Waals surface area contributed by atoms with Gasteiger partial charge in [0, 0.05) is 23.2 Å². The van der Waals surface area contributed by atoms with Crippen LogP contribution < -0.4 is 15.4 Å². The topological polar surface area (TPSA) is 59.1 Å². The van der Waals surface area contributed by atoms with E-state index in [-0.39, 0.29) is 11.2 Å². The van der Waals surface area contributed by atoms with Crippen LogP contribution >= 0.6 is 0 Å². The fraction of sp³-hybridized carbons (Fsp3) is 0.429. The highest BCUT2D eigenvalue weighted by Gasteiger charge is 2.29. The van der Waals surface area contributed by atoms with Crippen molar-refractivity contribution in [1.82, 2.24) is 9.97 Å². The molecule has 0 radical (unpaired) electrons. The maximum Gasteiger partial charge on any atom is 0.229 e. The van der Waals surface area contributed by atoms with Crippen LogP contribution in [0.5, 0.6) is 5.75 Å². The molecule has 6 heteroatoms. The Morgan fingerprint density at radius 2 is 2.11 bits per heavy atom. The Balaban J connectivity index is 1.57. The highest BCUT2D eigenvalue weighted by molar-refractivity contribution is 5.60. The van der Waals surface area contributed by atoms with Gasteiger partial charge in [0.25, 0.3) is 0 Å². The number of nitrogens with zero attached hydrogens (tertiary/aromatic N) is 2. The highest BCUT2D eigenvalue weighted by atomic mass is 19.1. The normalized spacial score (nSPS) is 17.3. The quantitative estimate of drug-likeness (QED) is 0.764. The summed E-state index contributed by atoms with van der Waals surface area (Å²) in [5, 5.41) is 6.47. The second-order valence-electron chi connectivity index (χ2n) is 7.51. The zero-order valence-electron chi connectivity index (χ0n) is 15.6. The van der Waals surface area contributed by atoms with Crippen molar-refractivity contribution in [2.75, 3.05) is 17.7 Å². The van der Waals surface area contributed by atoms with Crippen LogP contribution in [-0.2, 0) is 0 Å². The minimum atomic E-state index is -0.435. The van der Waals surface area contributed by atoms with Gasteiger partial charge in [0.15, 0.2) is 11.6 Å². The summed E-state index contributed by atoms with van der Waals surface area (Å²) in [6.45, 7) is 2.20. The van der Waals surface area contributed by atoms with Gasteiger partial charge < -0.3 is 15.4 Å². The van der Waals surface area contributed by atoms with Gasteiger partial charge in [0.1, 0.15) is 5.82 Å². The number of methoxy groups -OCH3 is 1. The van der Waals surface area contributed by atoms with Crippen LogP contribution in [0.15, 0.2) is 24.4 Å². The van der Waals surface area contributed by atoms with Crippen LogP contribution in [0.1, 0.15) is 44.6 Å². The molecule has 0 atom stereocenters. The third-order valence-electron chi connectivity index (χ3n) is 5.07. The van der Waals surface area contributed by atoms with Gasteiger partial charge in [-0.1, -0.05) is 18.3 Å². The van der Waals surface area contributed by atoms with Crippen molar-refractivity contribution in [1.29, 1.82) is 0 Å². The fourth-order valence-electron chi connectivity index (χ4n) is 2.99. The van der Waals surface area contributed by atoms with E-state index in [9.17, 15) is 4.39 Å². The lowest BCUT2D eigenvalue weighted by molar-refractivity contribution is 0.248. The summed E-state index contributed by atoms with van der Waals surface area (Å²) in [6.07, 6.45) is 7.55. The standard InChI is InChI=1S/C21H23FN4O/c1-21(9-3-10-21)11-8-14-13-23-20(26-19(14)24-15-4-5-15)25-16-6-7-18(27-2)17(22)12-16/h6-7,12-13,15H,3-5,9-10H2,1-2H3,(H2,23,24,25,26). The largest absolute Gasteiger partial charge is 0.494 e. The van der Waals surface area contributed by atoms with Gasteiger partial charge in [-0.05, 0) is 44.7 Å². The maximum atomic E-state index is 13.9. The fourth-order valence-corrected chi connectivity index (χ4v) is 2.99. The molecule has 0 saturated heterocycles. The van der Waals surface area contributed by atoms with E-state index in [1.165, 1.54) is 19.6 Å². The number of hydrogen-bond donors (Lipinski definition) is 2. The molecule has 2 aliphatic rings. The van der Waals surface area contributed by atoms with Crippen LogP contribution in [0.4, 0.5) is 21.8 Å². The molecular weight excluding hydrogens is 343 g/mol. The third-order valence-corrected chi connectivity index (χ3v) is 5.07. The highest BCUT2D eigenvalue weighted by Crippen LogP contribution is 2.39. The molecule has 0 unspecified atom stereocenters. The number of hydrogen-bond acceptors (Lipinski definition) is 5. The van der Waals surface area contributed by atoms with Crippen LogP contribution in [0.3, 0.4) is 0 Å². The van der Waals surface area contributed by atoms with E-state index >= 15 is 0 Å². The van der Waals surface area contributed by atoms with Crippen molar-refractivity contribution in [3.8, 4) is 17.6 Å². The molecule has 5 nitrogen and oxygen atoms in total. The molecule has 140 valence electrons. The smallest absolute Gasteiger partial charge is 0.229 e. The summed E-state index contributed by atoms with van der Waals surface area (Å²) in [5.74, 6) is 7.55. The number of anilines is 3. The predicted octanol–water partition coefficient (Wildman–Crippen LogP) is 4.48. The lowest BCUT2D eigenvalue weighted by Crippen LogP contribution is -2.23. The number of benzene rings is 1. The van der Waals surface area contributed by atoms with Crippen molar-refractivity contribution in [2.45, 2.75) is 45.1 Å². The van der Waals surface area contributed by atoms with E-state index < -0.39 is 5.82 Å². The van der Waals surface area contributed by atoms with Crippen molar-refractivity contribution in [3.63, 3.8) is 0 Å². The number of nitrogens with one attached hydrogen (secondary N) is 2. The van der Waals surface area contributed by atoms with Crippen molar-refractivity contribution < 1.29 is 9.13 Å². The first-order chi connectivity index (χ1) is 13.0. The Hall–Kier alpha value is -2.81. The molecule has 0 spiro atoms. The molecule has 1 heterocycles. The second kappa shape index (κ2) is 7.07.